The Morgan fingerprint density at radius 3 is 2.67 bits per heavy atom. The van der Waals surface area contributed by atoms with E-state index in [-0.39, 0.29) is 28.6 Å². The second-order valence-electron chi connectivity index (χ2n) is 5.15. The zero-order valence-electron chi connectivity index (χ0n) is 11.1. The first-order chi connectivity index (χ1) is 9.57. The predicted octanol–water partition coefficient (Wildman–Crippen LogP) is -0.0148. The first-order valence-electron chi connectivity index (χ1n) is 5.93. The van der Waals surface area contributed by atoms with Gasteiger partial charge < -0.3 is 5.43 Å². The Balaban J connectivity index is 2.38. The van der Waals surface area contributed by atoms with Crippen LogP contribution in [0.15, 0.2) is 21.6 Å². The highest BCUT2D eigenvalue weighted by molar-refractivity contribution is 9.10. The number of nitrogens with two attached hydrogens (primary N) is 1. The van der Waals surface area contributed by atoms with E-state index in [0.29, 0.717) is 4.47 Å². The SMILES string of the molecule is CC1(NS(=O)(=O)c2cc(Br)cnc2NN)CCS(=O)(=O)C1. The number of hydrazine groups is 1. The number of nitrogens with zero attached hydrogens (tertiary/aromatic N) is 1. The van der Waals surface area contributed by atoms with Gasteiger partial charge >= 0.3 is 0 Å². The van der Waals surface area contributed by atoms with E-state index in [0.717, 1.165) is 0 Å². The van der Waals surface area contributed by atoms with Crippen LogP contribution in [0.3, 0.4) is 0 Å². The van der Waals surface area contributed by atoms with Gasteiger partial charge in [0, 0.05) is 16.2 Å². The van der Waals surface area contributed by atoms with Crippen LogP contribution in [0.1, 0.15) is 13.3 Å². The molecule has 0 amide bonds. The summed E-state index contributed by atoms with van der Waals surface area (Å²) < 4.78 is 51.0. The number of halogens is 1. The molecule has 0 bridgehead atoms. The Bertz CT molecular complexity index is 765. The molecule has 4 N–H and O–H groups in total. The van der Waals surface area contributed by atoms with Crippen molar-refractivity contribution in [1.29, 1.82) is 0 Å². The average Bonchev–Trinajstić information content (AvgIpc) is 2.62. The van der Waals surface area contributed by atoms with Crippen molar-refractivity contribution in [2.75, 3.05) is 16.9 Å². The van der Waals surface area contributed by atoms with E-state index >= 15 is 0 Å². The molecule has 1 aliphatic heterocycles. The van der Waals surface area contributed by atoms with Gasteiger partial charge in [-0.3, -0.25) is 0 Å². The largest absolute Gasteiger partial charge is 0.307 e. The number of hydrogen-bond donors (Lipinski definition) is 3. The third-order valence-electron chi connectivity index (χ3n) is 3.13. The molecule has 21 heavy (non-hydrogen) atoms. The zero-order valence-corrected chi connectivity index (χ0v) is 14.3. The lowest BCUT2D eigenvalue weighted by Gasteiger charge is -2.24. The van der Waals surface area contributed by atoms with Gasteiger partial charge in [0.1, 0.15) is 4.90 Å². The summed E-state index contributed by atoms with van der Waals surface area (Å²) in [6, 6.07) is 1.34. The lowest BCUT2D eigenvalue weighted by Crippen LogP contribution is -2.47. The van der Waals surface area contributed by atoms with Gasteiger partial charge in [0.25, 0.3) is 0 Å². The molecule has 1 aromatic heterocycles. The van der Waals surface area contributed by atoms with Crippen molar-refractivity contribution in [3.63, 3.8) is 0 Å². The fourth-order valence-electron chi connectivity index (χ4n) is 2.20. The van der Waals surface area contributed by atoms with E-state index < -0.39 is 25.4 Å². The molecule has 1 aromatic rings. The van der Waals surface area contributed by atoms with Crippen molar-refractivity contribution in [3.05, 3.63) is 16.7 Å². The van der Waals surface area contributed by atoms with Gasteiger partial charge in [-0.25, -0.2) is 32.4 Å². The normalized spacial score (nSPS) is 24.9. The van der Waals surface area contributed by atoms with Crippen LogP contribution < -0.4 is 16.0 Å². The fourth-order valence-corrected chi connectivity index (χ4v) is 6.45. The van der Waals surface area contributed by atoms with Crippen LogP contribution in [0.5, 0.6) is 0 Å². The Labute approximate surface area is 131 Å². The fraction of sp³-hybridized carbons (Fsp3) is 0.500. The van der Waals surface area contributed by atoms with E-state index in [2.05, 4.69) is 31.1 Å². The van der Waals surface area contributed by atoms with E-state index in [4.69, 9.17) is 5.84 Å². The predicted molar refractivity (Wildman–Crippen MR) is 81.7 cm³/mol. The maximum Gasteiger partial charge on any atom is 0.244 e. The first-order valence-corrected chi connectivity index (χ1v) is 10.0. The first kappa shape index (κ1) is 16.6. The molecule has 1 saturated heterocycles. The van der Waals surface area contributed by atoms with Gasteiger partial charge in [0.15, 0.2) is 15.7 Å². The third kappa shape index (κ3) is 3.72. The number of rotatable bonds is 4. The van der Waals surface area contributed by atoms with Crippen LogP contribution in [0.4, 0.5) is 5.82 Å². The molecule has 2 heterocycles. The molecule has 1 atom stereocenters. The van der Waals surface area contributed by atoms with Crippen LogP contribution in [0.25, 0.3) is 0 Å². The Hall–Kier alpha value is -0.750. The second-order valence-corrected chi connectivity index (χ2v) is 9.90. The van der Waals surface area contributed by atoms with Crippen molar-refractivity contribution in [2.45, 2.75) is 23.8 Å². The van der Waals surface area contributed by atoms with Gasteiger partial charge in [-0.2, -0.15) is 0 Å². The molecular weight excluding hydrogens is 384 g/mol. The maximum absolute atomic E-state index is 12.5. The van der Waals surface area contributed by atoms with Crippen LogP contribution in [-0.2, 0) is 19.9 Å². The van der Waals surface area contributed by atoms with Gasteiger partial charge in [0.05, 0.1) is 11.5 Å². The highest BCUT2D eigenvalue weighted by Crippen LogP contribution is 2.28. The van der Waals surface area contributed by atoms with Gasteiger partial charge in [-0.15, -0.1) is 0 Å². The van der Waals surface area contributed by atoms with Gasteiger partial charge in [-0.05, 0) is 35.3 Å². The van der Waals surface area contributed by atoms with Gasteiger partial charge in [0.2, 0.25) is 10.0 Å². The van der Waals surface area contributed by atoms with Crippen molar-refractivity contribution in [3.8, 4) is 0 Å². The summed E-state index contributed by atoms with van der Waals surface area (Å²) in [5.41, 5.74) is 1.18. The summed E-state index contributed by atoms with van der Waals surface area (Å²) in [5.74, 6) is 4.98. The van der Waals surface area contributed by atoms with Crippen molar-refractivity contribution < 1.29 is 16.8 Å². The molecule has 0 aliphatic carbocycles. The van der Waals surface area contributed by atoms with E-state index in [1.165, 1.54) is 12.3 Å². The molecular formula is C10H15BrN4O4S2. The smallest absolute Gasteiger partial charge is 0.244 e. The summed E-state index contributed by atoms with van der Waals surface area (Å²) >= 11 is 3.14. The summed E-state index contributed by atoms with van der Waals surface area (Å²) in [6.07, 6.45) is 1.62. The number of hydrogen-bond acceptors (Lipinski definition) is 7. The van der Waals surface area contributed by atoms with E-state index in [1.54, 1.807) is 6.92 Å². The lowest BCUT2D eigenvalue weighted by atomic mass is 10.0. The van der Waals surface area contributed by atoms with Crippen molar-refractivity contribution in [1.82, 2.24) is 9.71 Å². The van der Waals surface area contributed by atoms with E-state index in [9.17, 15) is 16.8 Å². The minimum Gasteiger partial charge on any atom is -0.307 e. The van der Waals surface area contributed by atoms with Crippen LogP contribution >= 0.6 is 15.9 Å². The molecule has 118 valence electrons. The van der Waals surface area contributed by atoms with Gasteiger partial charge in [-0.1, -0.05) is 0 Å². The van der Waals surface area contributed by atoms with Crippen LogP contribution in [-0.4, -0.2) is 38.9 Å². The zero-order chi connectivity index (χ0) is 15.9. The topological polar surface area (TPSA) is 131 Å². The number of sulfone groups is 1. The highest BCUT2D eigenvalue weighted by atomic mass is 79.9. The molecule has 1 aliphatic rings. The molecule has 0 aromatic carbocycles. The van der Waals surface area contributed by atoms with Crippen molar-refractivity contribution >= 4 is 41.6 Å². The second kappa shape index (κ2) is 5.47. The summed E-state index contributed by atoms with van der Waals surface area (Å²) in [4.78, 5) is 3.72. The van der Waals surface area contributed by atoms with Crippen LogP contribution in [0.2, 0.25) is 0 Å². The summed E-state index contributed by atoms with van der Waals surface area (Å²) in [7, 11) is -7.19. The molecule has 11 heteroatoms. The monoisotopic (exact) mass is 398 g/mol. The van der Waals surface area contributed by atoms with E-state index in [1.807, 2.05) is 0 Å². The molecule has 0 spiro atoms. The summed E-state index contributed by atoms with van der Waals surface area (Å²) in [6.45, 7) is 1.57. The number of sulfonamides is 1. The Morgan fingerprint density at radius 1 is 1.48 bits per heavy atom. The molecule has 2 rings (SSSR count). The van der Waals surface area contributed by atoms with Crippen molar-refractivity contribution in [2.24, 2.45) is 5.84 Å². The molecule has 0 radical (unpaired) electrons. The number of aromatic nitrogens is 1. The van der Waals surface area contributed by atoms with Crippen LogP contribution in [0, 0.1) is 0 Å². The minimum absolute atomic E-state index is 0.0184. The Kier molecular flexibility index (Phi) is 4.32. The molecule has 0 saturated carbocycles. The average molecular weight is 399 g/mol. The summed E-state index contributed by atoms with van der Waals surface area (Å²) in [5, 5.41) is 0. The number of pyridine rings is 1. The molecule has 1 fully saturated rings. The standard InChI is InChI=1S/C10H15BrN4O4S2/c1-10(2-3-20(16,17)6-10)15-21(18,19)8-4-7(11)5-13-9(8)14-12/h4-5,15H,2-3,6,12H2,1H3,(H,13,14). The molecule has 8 nitrogen and oxygen atoms in total. The number of nitrogen functional groups attached to an aromatic ring is 1. The maximum atomic E-state index is 12.5. The quantitative estimate of drug-likeness (QED) is 0.479. The highest BCUT2D eigenvalue weighted by Gasteiger charge is 2.42. The third-order valence-corrected chi connectivity index (χ3v) is 7.12. The minimum atomic E-state index is -3.97. The Morgan fingerprint density at radius 2 is 2.14 bits per heavy atom. The number of nitrogens with one attached hydrogen (secondary N) is 2. The number of anilines is 1. The lowest BCUT2D eigenvalue weighted by molar-refractivity contribution is 0.462. The molecule has 1 unspecified atom stereocenters.